The summed E-state index contributed by atoms with van der Waals surface area (Å²) in [4.78, 5) is 14.0. The van der Waals surface area contributed by atoms with Crippen molar-refractivity contribution in [3.05, 3.63) is 20.8 Å². The third-order valence-electron chi connectivity index (χ3n) is 2.90. The molecule has 2 heterocycles. The average Bonchev–Trinajstić information content (AvgIpc) is 2.87. The van der Waals surface area contributed by atoms with Crippen LogP contribution in [0.3, 0.4) is 0 Å². The molecule has 0 bridgehead atoms. The maximum absolute atomic E-state index is 12.1. The number of halogens is 2. The smallest absolute Gasteiger partial charge is 0.254 e. The number of rotatable bonds is 3. The first-order valence-corrected chi connectivity index (χ1v) is 7.50. The molecule has 1 fully saturated rings. The van der Waals surface area contributed by atoms with Crippen LogP contribution in [0.15, 0.2) is 15.2 Å². The van der Waals surface area contributed by atoms with Gasteiger partial charge in [0.1, 0.15) is 0 Å². The lowest BCUT2D eigenvalue weighted by Gasteiger charge is -2.15. The van der Waals surface area contributed by atoms with Crippen LogP contribution < -0.4 is 0 Å². The van der Waals surface area contributed by atoms with E-state index in [-0.39, 0.29) is 5.91 Å². The molecule has 1 aromatic heterocycles. The Balaban J connectivity index is 1.97. The SMILES string of the molecule is O=C(c1csc(Br)c1)N1CCC(CCCl)C1. The van der Waals surface area contributed by atoms with Crippen molar-refractivity contribution in [3.63, 3.8) is 0 Å². The van der Waals surface area contributed by atoms with Crippen molar-refractivity contribution in [1.29, 1.82) is 0 Å². The van der Waals surface area contributed by atoms with Crippen LogP contribution in [0.2, 0.25) is 0 Å². The zero-order chi connectivity index (χ0) is 11.5. The van der Waals surface area contributed by atoms with Gasteiger partial charge in [-0.15, -0.1) is 22.9 Å². The van der Waals surface area contributed by atoms with Gasteiger partial charge in [0.25, 0.3) is 5.91 Å². The number of carbonyl (C=O) groups is 1. The molecule has 0 radical (unpaired) electrons. The standard InChI is InChI=1S/C11H13BrClNOS/c12-10-5-9(7-16-10)11(15)14-4-2-8(6-14)1-3-13/h5,7-8H,1-4,6H2. The van der Waals surface area contributed by atoms with Crippen LogP contribution in [0, 0.1) is 5.92 Å². The van der Waals surface area contributed by atoms with Crippen LogP contribution in [0.4, 0.5) is 0 Å². The Labute approximate surface area is 113 Å². The fourth-order valence-electron chi connectivity index (χ4n) is 2.01. The predicted molar refractivity (Wildman–Crippen MR) is 71.4 cm³/mol. The Morgan fingerprint density at radius 3 is 3.12 bits per heavy atom. The number of likely N-dealkylation sites (tertiary alicyclic amines) is 1. The summed E-state index contributed by atoms with van der Waals surface area (Å²) >= 11 is 10.6. The van der Waals surface area contributed by atoms with E-state index in [1.807, 2.05) is 16.3 Å². The van der Waals surface area contributed by atoms with E-state index in [4.69, 9.17) is 11.6 Å². The van der Waals surface area contributed by atoms with Crippen LogP contribution in [-0.2, 0) is 0 Å². The molecular formula is C11H13BrClNOS. The van der Waals surface area contributed by atoms with Crippen LogP contribution in [0.1, 0.15) is 23.2 Å². The fourth-order valence-corrected chi connectivity index (χ4v) is 3.45. The number of amides is 1. The second kappa shape index (κ2) is 5.52. The summed E-state index contributed by atoms with van der Waals surface area (Å²) in [5.41, 5.74) is 0.795. The van der Waals surface area contributed by atoms with Crippen molar-refractivity contribution < 1.29 is 4.79 Å². The van der Waals surface area contributed by atoms with Crippen molar-refractivity contribution in [2.75, 3.05) is 19.0 Å². The second-order valence-electron chi connectivity index (χ2n) is 4.02. The van der Waals surface area contributed by atoms with Crippen molar-refractivity contribution in [2.24, 2.45) is 5.92 Å². The van der Waals surface area contributed by atoms with Gasteiger partial charge in [0, 0.05) is 24.3 Å². The summed E-state index contributed by atoms with van der Waals surface area (Å²) in [5, 5.41) is 1.90. The van der Waals surface area contributed by atoms with Gasteiger partial charge in [-0.2, -0.15) is 0 Å². The minimum Gasteiger partial charge on any atom is -0.338 e. The quantitative estimate of drug-likeness (QED) is 0.779. The van der Waals surface area contributed by atoms with Gasteiger partial charge in [0.15, 0.2) is 0 Å². The molecule has 1 atom stereocenters. The molecule has 1 unspecified atom stereocenters. The second-order valence-corrected chi connectivity index (χ2v) is 6.69. The van der Waals surface area contributed by atoms with Crippen LogP contribution in [0.25, 0.3) is 0 Å². The van der Waals surface area contributed by atoms with Crippen molar-refractivity contribution in [3.8, 4) is 0 Å². The van der Waals surface area contributed by atoms with Crippen LogP contribution in [0.5, 0.6) is 0 Å². The number of hydrogen-bond donors (Lipinski definition) is 0. The molecule has 0 aromatic carbocycles. The minimum absolute atomic E-state index is 0.152. The summed E-state index contributed by atoms with van der Waals surface area (Å²) in [5.74, 6) is 1.43. The highest BCUT2D eigenvalue weighted by Gasteiger charge is 2.26. The maximum Gasteiger partial charge on any atom is 0.254 e. The van der Waals surface area contributed by atoms with E-state index >= 15 is 0 Å². The Morgan fingerprint density at radius 1 is 1.69 bits per heavy atom. The Hall–Kier alpha value is -0.0600. The molecule has 88 valence electrons. The number of alkyl halides is 1. The summed E-state index contributed by atoms with van der Waals surface area (Å²) in [6, 6.07) is 1.89. The van der Waals surface area contributed by atoms with Crippen molar-refractivity contribution in [1.82, 2.24) is 4.90 Å². The maximum atomic E-state index is 12.1. The summed E-state index contributed by atoms with van der Waals surface area (Å²) in [6.07, 6.45) is 2.10. The van der Waals surface area contributed by atoms with Gasteiger partial charge in [-0.05, 0) is 40.8 Å². The number of carbonyl (C=O) groups excluding carboxylic acids is 1. The van der Waals surface area contributed by atoms with E-state index < -0.39 is 0 Å². The van der Waals surface area contributed by atoms with E-state index in [0.29, 0.717) is 11.8 Å². The third kappa shape index (κ3) is 2.79. The van der Waals surface area contributed by atoms with E-state index in [1.165, 1.54) is 0 Å². The highest BCUT2D eigenvalue weighted by Crippen LogP contribution is 2.25. The normalized spacial score (nSPS) is 20.4. The average molecular weight is 323 g/mol. The molecule has 1 aliphatic heterocycles. The fraction of sp³-hybridized carbons (Fsp3) is 0.545. The van der Waals surface area contributed by atoms with E-state index in [1.54, 1.807) is 11.3 Å². The first-order valence-electron chi connectivity index (χ1n) is 5.30. The Bertz CT molecular complexity index is 382. The van der Waals surface area contributed by atoms with Gasteiger partial charge in [-0.3, -0.25) is 4.79 Å². The molecule has 5 heteroatoms. The first kappa shape index (κ1) is 12.4. The summed E-state index contributed by atoms with van der Waals surface area (Å²) < 4.78 is 1.01. The molecule has 2 nitrogen and oxygen atoms in total. The largest absolute Gasteiger partial charge is 0.338 e. The molecule has 0 saturated carbocycles. The van der Waals surface area contributed by atoms with Gasteiger partial charge in [0.05, 0.1) is 9.35 Å². The van der Waals surface area contributed by atoms with Crippen molar-refractivity contribution in [2.45, 2.75) is 12.8 Å². The highest BCUT2D eigenvalue weighted by molar-refractivity contribution is 9.11. The van der Waals surface area contributed by atoms with Gasteiger partial charge in [-0.1, -0.05) is 0 Å². The lowest BCUT2D eigenvalue weighted by Crippen LogP contribution is -2.28. The van der Waals surface area contributed by atoms with Gasteiger partial charge in [0.2, 0.25) is 0 Å². The van der Waals surface area contributed by atoms with Gasteiger partial charge in [-0.25, -0.2) is 0 Å². The van der Waals surface area contributed by atoms with Crippen LogP contribution in [-0.4, -0.2) is 29.8 Å². The van der Waals surface area contributed by atoms with Crippen molar-refractivity contribution >= 4 is 44.8 Å². The van der Waals surface area contributed by atoms with Gasteiger partial charge < -0.3 is 4.90 Å². The third-order valence-corrected chi connectivity index (χ3v) is 4.63. The molecule has 0 aliphatic carbocycles. The zero-order valence-electron chi connectivity index (χ0n) is 8.79. The summed E-state index contributed by atoms with van der Waals surface area (Å²) in [7, 11) is 0. The minimum atomic E-state index is 0.152. The first-order chi connectivity index (χ1) is 7.70. The zero-order valence-corrected chi connectivity index (χ0v) is 11.9. The number of hydrogen-bond acceptors (Lipinski definition) is 2. The Morgan fingerprint density at radius 2 is 2.50 bits per heavy atom. The molecule has 2 rings (SSSR count). The summed E-state index contributed by atoms with van der Waals surface area (Å²) in [6.45, 7) is 1.73. The number of nitrogens with zero attached hydrogens (tertiary/aromatic N) is 1. The Kier molecular flexibility index (Phi) is 4.27. The lowest BCUT2D eigenvalue weighted by molar-refractivity contribution is 0.0787. The number of thiophene rings is 1. The highest BCUT2D eigenvalue weighted by atomic mass is 79.9. The van der Waals surface area contributed by atoms with E-state index in [2.05, 4.69) is 15.9 Å². The van der Waals surface area contributed by atoms with Gasteiger partial charge >= 0.3 is 0 Å². The molecule has 0 spiro atoms. The van der Waals surface area contributed by atoms with Crippen LogP contribution >= 0.6 is 38.9 Å². The predicted octanol–water partition coefficient (Wildman–Crippen LogP) is 3.60. The molecule has 1 amide bonds. The topological polar surface area (TPSA) is 20.3 Å². The van der Waals surface area contributed by atoms with E-state index in [0.717, 1.165) is 35.3 Å². The molecule has 1 aromatic rings. The monoisotopic (exact) mass is 321 g/mol. The van der Waals surface area contributed by atoms with E-state index in [9.17, 15) is 4.79 Å². The lowest BCUT2D eigenvalue weighted by atomic mass is 10.1. The molecule has 0 N–H and O–H groups in total. The molecule has 1 aliphatic rings. The molecular weight excluding hydrogens is 310 g/mol. The molecule has 16 heavy (non-hydrogen) atoms. The molecule has 1 saturated heterocycles.